The molecule has 0 bridgehead atoms. The van der Waals surface area contributed by atoms with Crippen LogP contribution in [-0.4, -0.2) is 53.1 Å². The molecule has 0 spiro atoms. The average Bonchev–Trinajstić information content (AvgIpc) is 3.02. The smallest absolute Gasteiger partial charge is 0.454 e. The van der Waals surface area contributed by atoms with Gasteiger partial charge in [0, 0.05) is 0 Å². The second-order valence-corrected chi connectivity index (χ2v) is 12.1. The van der Waals surface area contributed by atoms with Crippen LogP contribution in [0.15, 0.2) is 91.0 Å². The molecule has 0 saturated carbocycles. The van der Waals surface area contributed by atoms with E-state index in [1.165, 1.54) is 0 Å². The van der Waals surface area contributed by atoms with Gasteiger partial charge in [-0.3, -0.25) is 9.32 Å². The van der Waals surface area contributed by atoms with E-state index in [4.69, 9.17) is 32.3 Å². The van der Waals surface area contributed by atoms with Crippen LogP contribution in [0.5, 0.6) is 0 Å². The maximum Gasteiger partial charge on any atom is 0.472 e. The quantitative estimate of drug-likeness (QED) is 0.196. The highest BCUT2D eigenvalue weighted by molar-refractivity contribution is 7.46. The Kier molecular flexibility index (Phi) is 10.2. The molecule has 4 rings (SSSR count). The second-order valence-electron chi connectivity index (χ2n) is 10.9. The second kappa shape index (κ2) is 15.2. The molecular formula is C32H39O10P. The Morgan fingerprint density at radius 3 is 1.72 bits per heavy atom. The minimum Gasteiger partial charge on any atom is -0.454 e. The molecule has 11 heteroatoms. The maximum atomic E-state index is 13.2. The van der Waals surface area contributed by atoms with Gasteiger partial charge >= 0.3 is 13.8 Å². The summed E-state index contributed by atoms with van der Waals surface area (Å²) in [5, 5.41) is 0. The van der Waals surface area contributed by atoms with Crippen LogP contribution in [-0.2, 0) is 57.3 Å². The van der Waals surface area contributed by atoms with E-state index in [2.05, 4.69) is 0 Å². The van der Waals surface area contributed by atoms with Crippen LogP contribution < -0.4 is 0 Å². The Morgan fingerprint density at radius 2 is 1.26 bits per heavy atom. The molecule has 232 valence electrons. The first kappa shape index (κ1) is 28.8. The Hall–Kier alpha value is -2.92. The zero-order valence-electron chi connectivity index (χ0n) is 27.1. The lowest BCUT2D eigenvalue weighted by atomic mass is 9.95. The first-order chi connectivity index (χ1) is 21.7. The molecule has 8 atom stereocenters. The van der Waals surface area contributed by atoms with E-state index < -0.39 is 69.7 Å². The molecule has 0 amide bonds. The van der Waals surface area contributed by atoms with Gasteiger partial charge in [0.2, 0.25) is 6.29 Å². The van der Waals surface area contributed by atoms with Gasteiger partial charge in [-0.25, -0.2) is 4.57 Å². The summed E-state index contributed by atoms with van der Waals surface area (Å²) in [4.78, 5) is 32.8. The fourth-order valence-corrected chi connectivity index (χ4v) is 4.57. The van der Waals surface area contributed by atoms with Gasteiger partial charge in [-0.1, -0.05) is 91.0 Å². The fraction of sp³-hybridized carbons (Fsp3) is 0.406. The van der Waals surface area contributed by atoms with Gasteiger partial charge in [0.05, 0.1) is 35.9 Å². The van der Waals surface area contributed by atoms with E-state index in [1.807, 2.05) is 0 Å². The van der Waals surface area contributed by atoms with Crippen molar-refractivity contribution in [1.29, 1.82) is 0 Å². The molecule has 2 N–H and O–H groups in total. The standard InChI is InChI=1S/C32H39O10P/c1-32(2,3)31(33)41-29-28(39-21-25-17-11-6-12-18-25)27(38-20-24-15-9-5-10-16-24)26(40-30(29)42-43(34,35)36)22-37-19-23-13-7-4-8-14-23/h4-18,26-30H,19-22H2,1-3H3,(H2,34,35,36)/t26-,27+,28+,29-,30?/m1/s1/i19D,20D,21D/t19?,20?,21?,26-,27+,28+,29-,30?. The topological polar surface area (TPSA) is 130 Å². The zero-order chi connectivity index (χ0) is 33.5. The fourth-order valence-electron chi connectivity index (χ4n) is 4.13. The molecule has 43 heavy (non-hydrogen) atoms. The third-order valence-electron chi connectivity index (χ3n) is 6.29. The van der Waals surface area contributed by atoms with Gasteiger partial charge in [0.15, 0.2) is 6.10 Å². The summed E-state index contributed by atoms with van der Waals surface area (Å²) in [7, 11) is -5.26. The van der Waals surface area contributed by atoms with Crippen LogP contribution in [0, 0.1) is 5.41 Å². The predicted octanol–water partition coefficient (Wildman–Crippen LogP) is 5.17. The summed E-state index contributed by atoms with van der Waals surface area (Å²) < 4.78 is 73.2. The van der Waals surface area contributed by atoms with Crippen molar-refractivity contribution in [1.82, 2.24) is 0 Å². The minimum absolute atomic E-state index is 0.385. The summed E-state index contributed by atoms with van der Waals surface area (Å²) >= 11 is 0. The van der Waals surface area contributed by atoms with Gasteiger partial charge in [0.1, 0.15) is 18.3 Å². The monoisotopic (exact) mass is 617 g/mol. The molecule has 1 fully saturated rings. The zero-order valence-corrected chi connectivity index (χ0v) is 25.0. The number of hydrogen-bond donors (Lipinski definition) is 2. The van der Waals surface area contributed by atoms with Crippen LogP contribution in [0.25, 0.3) is 0 Å². The predicted molar refractivity (Wildman–Crippen MR) is 157 cm³/mol. The number of ether oxygens (including phenoxy) is 5. The van der Waals surface area contributed by atoms with E-state index in [1.54, 1.807) is 112 Å². The highest BCUT2D eigenvalue weighted by atomic mass is 31.2. The molecule has 1 saturated heterocycles. The number of benzene rings is 3. The van der Waals surface area contributed by atoms with E-state index in [9.17, 15) is 19.1 Å². The molecule has 4 unspecified atom stereocenters. The lowest BCUT2D eigenvalue weighted by Gasteiger charge is -2.45. The third kappa shape index (κ3) is 10.3. The van der Waals surface area contributed by atoms with Crippen LogP contribution in [0.1, 0.15) is 41.6 Å². The Balaban J connectivity index is 1.77. The van der Waals surface area contributed by atoms with E-state index in [0.717, 1.165) is 0 Å². The number of rotatable bonds is 13. The third-order valence-corrected chi connectivity index (χ3v) is 6.77. The van der Waals surface area contributed by atoms with Crippen LogP contribution >= 0.6 is 7.82 Å². The van der Waals surface area contributed by atoms with Crippen LogP contribution in [0.2, 0.25) is 0 Å². The van der Waals surface area contributed by atoms with E-state index in [0.29, 0.717) is 16.7 Å². The molecular weight excluding hydrogens is 575 g/mol. The van der Waals surface area contributed by atoms with Crippen LogP contribution in [0.3, 0.4) is 0 Å². The number of carbonyl (C=O) groups is 1. The van der Waals surface area contributed by atoms with Gasteiger partial charge in [0.25, 0.3) is 0 Å². The minimum atomic E-state index is -5.26. The lowest BCUT2D eigenvalue weighted by Crippen LogP contribution is -2.62. The largest absolute Gasteiger partial charge is 0.472 e. The summed E-state index contributed by atoms with van der Waals surface area (Å²) in [5.74, 6) is -0.774. The summed E-state index contributed by atoms with van der Waals surface area (Å²) in [5.41, 5.74) is 0.353. The summed E-state index contributed by atoms with van der Waals surface area (Å²) in [6.45, 7) is 0.469. The van der Waals surface area contributed by atoms with Gasteiger partial charge in [-0.15, -0.1) is 0 Å². The number of hydrogen-bond acceptors (Lipinski definition) is 8. The van der Waals surface area contributed by atoms with Crippen molar-refractivity contribution in [3.63, 3.8) is 0 Å². The van der Waals surface area contributed by atoms with E-state index in [-0.39, 0.29) is 6.61 Å². The van der Waals surface area contributed by atoms with Gasteiger partial charge in [-0.2, -0.15) is 0 Å². The average molecular weight is 618 g/mol. The molecule has 1 heterocycles. The molecule has 3 aromatic rings. The van der Waals surface area contributed by atoms with Crippen LogP contribution in [0.4, 0.5) is 0 Å². The lowest BCUT2D eigenvalue weighted by molar-refractivity contribution is -0.306. The van der Waals surface area contributed by atoms with Crippen molar-refractivity contribution in [2.24, 2.45) is 5.41 Å². The molecule has 3 aromatic carbocycles. The van der Waals surface area contributed by atoms with Crippen molar-refractivity contribution in [3.05, 3.63) is 108 Å². The number of phosphoric acid groups is 1. The molecule has 0 radical (unpaired) electrons. The van der Waals surface area contributed by atoms with Crippen molar-refractivity contribution < 1.29 is 51.5 Å². The SMILES string of the molecule is [2H]C(OC[C@H]1OC(OP(=O)(O)O)[C@H](OC(=O)C(C)(C)C)[C@@H](OC([2H])c2ccccc2)[C@H]1OC([2H])c1ccccc1)c1ccccc1. The maximum absolute atomic E-state index is 13.2. The molecule has 10 nitrogen and oxygen atoms in total. The van der Waals surface area contributed by atoms with E-state index >= 15 is 0 Å². The number of phosphoric ester groups is 1. The number of carbonyl (C=O) groups excluding carboxylic acids is 1. The summed E-state index contributed by atoms with van der Waals surface area (Å²) in [6.07, 6.45) is -7.64. The van der Waals surface area contributed by atoms with Gasteiger partial charge in [-0.05, 0) is 37.5 Å². The Labute approximate surface area is 256 Å². The van der Waals surface area contributed by atoms with Crippen molar-refractivity contribution in [3.8, 4) is 0 Å². The number of esters is 1. The first-order valence-electron chi connectivity index (χ1n) is 15.4. The molecule has 0 aliphatic carbocycles. The molecule has 0 aromatic heterocycles. The highest BCUT2D eigenvalue weighted by Gasteiger charge is 2.52. The van der Waals surface area contributed by atoms with Crippen molar-refractivity contribution >= 4 is 13.8 Å². The Morgan fingerprint density at radius 1 is 0.791 bits per heavy atom. The highest BCUT2D eigenvalue weighted by Crippen LogP contribution is 2.43. The molecule has 1 aliphatic heterocycles. The van der Waals surface area contributed by atoms with Gasteiger partial charge < -0.3 is 33.5 Å². The summed E-state index contributed by atoms with van der Waals surface area (Å²) in [6, 6.07) is 25.7. The Bertz CT molecular complexity index is 1420. The van der Waals surface area contributed by atoms with Crippen molar-refractivity contribution in [2.75, 3.05) is 6.61 Å². The normalized spacial score (nSPS) is 25.9. The first-order valence-corrected chi connectivity index (χ1v) is 15.2. The van der Waals surface area contributed by atoms with Crippen molar-refractivity contribution in [2.45, 2.75) is 71.2 Å². The molecule has 1 aliphatic rings.